The first-order chi connectivity index (χ1) is 8.15. The lowest BCUT2D eigenvalue weighted by Crippen LogP contribution is -2.04. The predicted molar refractivity (Wildman–Crippen MR) is 72.4 cm³/mol. The molecule has 1 saturated carbocycles. The molecule has 0 amide bonds. The third-order valence-corrected chi connectivity index (χ3v) is 3.94. The van der Waals surface area contributed by atoms with Gasteiger partial charge in [0, 0.05) is 5.75 Å². The first kappa shape index (κ1) is 12.6. The van der Waals surface area contributed by atoms with Crippen LogP contribution in [0.2, 0.25) is 0 Å². The molecule has 1 aliphatic rings. The van der Waals surface area contributed by atoms with Crippen molar-refractivity contribution in [3.05, 3.63) is 12.1 Å². The van der Waals surface area contributed by atoms with Gasteiger partial charge in [0.15, 0.2) is 0 Å². The summed E-state index contributed by atoms with van der Waals surface area (Å²) in [5.74, 6) is 3.06. The van der Waals surface area contributed by atoms with E-state index in [1.54, 1.807) is 11.8 Å². The highest BCUT2D eigenvalue weighted by Gasteiger charge is 2.22. The molecule has 17 heavy (non-hydrogen) atoms. The molecule has 1 heterocycles. The number of aromatic nitrogens is 1. The van der Waals surface area contributed by atoms with Crippen LogP contribution in [-0.2, 0) is 0 Å². The van der Waals surface area contributed by atoms with Crippen LogP contribution in [0.25, 0.3) is 0 Å². The van der Waals surface area contributed by atoms with Crippen LogP contribution in [0.15, 0.2) is 17.2 Å². The molecule has 0 unspecified atom stereocenters. The minimum atomic E-state index is 0.602. The molecule has 0 atom stereocenters. The van der Waals surface area contributed by atoms with Crippen molar-refractivity contribution in [3.8, 4) is 5.88 Å². The highest BCUT2D eigenvalue weighted by molar-refractivity contribution is 7.99. The number of nitrogens with zero attached hydrogens (tertiary/aromatic N) is 1. The van der Waals surface area contributed by atoms with Gasteiger partial charge in [0.25, 0.3) is 0 Å². The Labute approximate surface area is 107 Å². The fourth-order valence-electron chi connectivity index (χ4n) is 1.36. The van der Waals surface area contributed by atoms with E-state index in [0.717, 1.165) is 23.3 Å². The van der Waals surface area contributed by atoms with E-state index >= 15 is 0 Å². The second kappa shape index (κ2) is 5.63. The minimum absolute atomic E-state index is 0.602. The van der Waals surface area contributed by atoms with Crippen LogP contribution in [0.4, 0.5) is 5.69 Å². The molecule has 4 heteroatoms. The minimum Gasteiger partial charge on any atom is -0.476 e. The number of hydrogen-bond acceptors (Lipinski definition) is 4. The van der Waals surface area contributed by atoms with E-state index in [2.05, 4.69) is 18.8 Å². The van der Waals surface area contributed by atoms with E-state index < -0.39 is 0 Å². The zero-order valence-electron chi connectivity index (χ0n) is 10.5. The molecule has 2 N–H and O–H groups in total. The van der Waals surface area contributed by atoms with Crippen LogP contribution in [0.1, 0.15) is 26.7 Å². The Bertz CT molecular complexity index is 378. The van der Waals surface area contributed by atoms with Gasteiger partial charge < -0.3 is 10.5 Å². The highest BCUT2D eigenvalue weighted by atomic mass is 32.2. The normalized spacial score (nSPS) is 15.2. The zero-order chi connectivity index (χ0) is 12.3. The number of nitrogen functional groups attached to an aromatic ring is 1. The Morgan fingerprint density at radius 1 is 1.47 bits per heavy atom. The van der Waals surface area contributed by atoms with Crippen molar-refractivity contribution in [1.82, 2.24) is 4.98 Å². The van der Waals surface area contributed by atoms with Crippen molar-refractivity contribution in [1.29, 1.82) is 0 Å². The lowest BCUT2D eigenvalue weighted by atomic mass is 10.3. The summed E-state index contributed by atoms with van der Waals surface area (Å²) in [6.07, 6.45) is 2.56. The third kappa shape index (κ3) is 4.11. The van der Waals surface area contributed by atoms with Crippen molar-refractivity contribution in [2.24, 2.45) is 11.8 Å². The molecule has 1 fully saturated rings. The SMILES string of the molecule is CC(C)CSc1ccc(N)c(OCC2CC2)n1. The van der Waals surface area contributed by atoms with Gasteiger partial charge in [-0.2, -0.15) is 0 Å². The van der Waals surface area contributed by atoms with Crippen LogP contribution < -0.4 is 10.5 Å². The summed E-state index contributed by atoms with van der Waals surface area (Å²) in [6.45, 7) is 5.17. The first-order valence-corrected chi connectivity index (χ1v) is 7.16. The third-order valence-electron chi connectivity index (χ3n) is 2.58. The summed E-state index contributed by atoms with van der Waals surface area (Å²) in [4.78, 5) is 4.46. The summed E-state index contributed by atoms with van der Waals surface area (Å²) in [5, 5.41) is 0.999. The number of nitrogens with two attached hydrogens (primary N) is 1. The van der Waals surface area contributed by atoms with Crippen molar-refractivity contribution in [2.45, 2.75) is 31.7 Å². The van der Waals surface area contributed by atoms with Gasteiger partial charge in [-0.25, -0.2) is 4.98 Å². The van der Waals surface area contributed by atoms with Crippen LogP contribution >= 0.6 is 11.8 Å². The Morgan fingerprint density at radius 2 is 2.24 bits per heavy atom. The quantitative estimate of drug-likeness (QED) is 0.790. The van der Waals surface area contributed by atoms with E-state index in [4.69, 9.17) is 10.5 Å². The van der Waals surface area contributed by atoms with Crippen molar-refractivity contribution in [3.63, 3.8) is 0 Å². The second-order valence-corrected chi connectivity index (χ2v) is 6.04. The summed E-state index contributed by atoms with van der Waals surface area (Å²) in [5.41, 5.74) is 6.49. The smallest absolute Gasteiger partial charge is 0.238 e. The van der Waals surface area contributed by atoms with Gasteiger partial charge in [-0.05, 0) is 36.8 Å². The summed E-state index contributed by atoms with van der Waals surface area (Å²) in [6, 6.07) is 3.85. The molecule has 3 nitrogen and oxygen atoms in total. The molecule has 1 aliphatic carbocycles. The standard InChI is InChI=1S/C13H20N2OS/c1-9(2)8-17-12-6-5-11(14)13(15-12)16-7-10-3-4-10/h5-6,9-10H,3-4,7-8,14H2,1-2H3. The molecule has 0 bridgehead atoms. The number of pyridine rings is 1. The lowest BCUT2D eigenvalue weighted by molar-refractivity contribution is 0.288. The number of ether oxygens (including phenoxy) is 1. The van der Waals surface area contributed by atoms with Gasteiger partial charge >= 0.3 is 0 Å². The Kier molecular flexibility index (Phi) is 4.15. The molecule has 2 rings (SSSR count). The zero-order valence-corrected chi connectivity index (χ0v) is 11.3. The molecule has 1 aromatic rings. The molecule has 1 aromatic heterocycles. The van der Waals surface area contributed by atoms with E-state index in [-0.39, 0.29) is 0 Å². The Balaban J connectivity index is 1.94. The molecule has 0 saturated heterocycles. The maximum absolute atomic E-state index is 5.86. The van der Waals surface area contributed by atoms with E-state index in [0.29, 0.717) is 17.5 Å². The molecule has 0 spiro atoms. The van der Waals surface area contributed by atoms with Gasteiger partial charge in [-0.3, -0.25) is 0 Å². The van der Waals surface area contributed by atoms with Crippen LogP contribution in [0.3, 0.4) is 0 Å². The molecule has 0 radical (unpaired) electrons. The summed E-state index contributed by atoms with van der Waals surface area (Å²) < 4.78 is 5.66. The van der Waals surface area contributed by atoms with Gasteiger partial charge in [-0.1, -0.05) is 13.8 Å². The van der Waals surface area contributed by atoms with E-state index in [9.17, 15) is 0 Å². The lowest BCUT2D eigenvalue weighted by Gasteiger charge is -2.09. The molecular formula is C13H20N2OS. The average Bonchev–Trinajstić information content (AvgIpc) is 3.10. The number of rotatable bonds is 6. The van der Waals surface area contributed by atoms with Crippen molar-refractivity contribution < 1.29 is 4.74 Å². The average molecular weight is 252 g/mol. The van der Waals surface area contributed by atoms with Crippen LogP contribution in [0.5, 0.6) is 5.88 Å². The molecule has 0 aliphatic heterocycles. The molecular weight excluding hydrogens is 232 g/mol. The Morgan fingerprint density at radius 3 is 2.88 bits per heavy atom. The van der Waals surface area contributed by atoms with E-state index in [1.807, 2.05) is 12.1 Å². The molecule has 0 aromatic carbocycles. The topological polar surface area (TPSA) is 48.1 Å². The van der Waals surface area contributed by atoms with Crippen molar-refractivity contribution in [2.75, 3.05) is 18.1 Å². The monoisotopic (exact) mass is 252 g/mol. The number of hydrogen-bond donors (Lipinski definition) is 1. The van der Waals surface area contributed by atoms with Gasteiger partial charge in [0.05, 0.1) is 12.3 Å². The fraction of sp³-hybridized carbons (Fsp3) is 0.615. The predicted octanol–water partition coefficient (Wildman–Crippen LogP) is 3.20. The highest BCUT2D eigenvalue weighted by Crippen LogP contribution is 2.31. The van der Waals surface area contributed by atoms with Crippen LogP contribution in [-0.4, -0.2) is 17.3 Å². The van der Waals surface area contributed by atoms with Gasteiger partial charge in [-0.15, -0.1) is 11.8 Å². The second-order valence-electron chi connectivity index (χ2n) is 5.00. The maximum atomic E-state index is 5.86. The van der Waals surface area contributed by atoms with Gasteiger partial charge in [0.1, 0.15) is 5.03 Å². The number of anilines is 1. The van der Waals surface area contributed by atoms with E-state index in [1.165, 1.54) is 12.8 Å². The van der Waals surface area contributed by atoms with Crippen LogP contribution in [0, 0.1) is 11.8 Å². The fourth-order valence-corrected chi connectivity index (χ4v) is 2.18. The summed E-state index contributed by atoms with van der Waals surface area (Å²) in [7, 11) is 0. The maximum Gasteiger partial charge on any atom is 0.238 e. The molecule has 94 valence electrons. The Hall–Kier alpha value is -0.900. The largest absolute Gasteiger partial charge is 0.476 e. The number of thioether (sulfide) groups is 1. The van der Waals surface area contributed by atoms with Gasteiger partial charge in [0.2, 0.25) is 5.88 Å². The summed E-state index contributed by atoms with van der Waals surface area (Å²) >= 11 is 1.75. The van der Waals surface area contributed by atoms with Crippen molar-refractivity contribution >= 4 is 17.4 Å². The first-order valence-electron chi connectivity index (χ1n) is 6.17.